The summed E-state index contributed by atoms with van der Waals surface area (Å²) in [6, 6.07) is 2.41. The van der Waals surface area contributed by atoms with Gasteiger partial charge < -0.3 is 20.1 Å². The third kappa shape index (κ3) is 3.41. The summed E-state index contributed by atoms with van der Waals surface area (Å²) in [4.78, 5) is 28.7. The van der Waals surface area contributed by atoms with Crippen molar-refractivity contribution >= 4 is 12.0 Å². The van der Waals surface area contributed by atoms with Crippen molar-refractivity contribution in [2.24, 2.45) is 0 Å². The molecule has 1 aliphatic heterocycles. The van der Waals surface area contributed by atoms with Gasteiger partial charge in [-0.2, -0.15) is 0 Å². The van der Waals surface area contributed by atoms with Crippen LogP contribution in [0.25, 0.3) is 0 Å². The van der Waals surface area contributed by atoms with E-state index in [1.807, 2.05) is 0 Å². The van der Waals surface area contributed by atoms with E-state index in [0.29, 0.717) is 31.9 Å². The molecule has 19 heavy (non-hydrogen) atoms. The minimum absolute atomic E-state index is 0.279. The van der Waals surface area contributed by atoms with Crippen LogP contribution < -0.4 is 5.32 Å². The Morgan fingerprint density at radius 1 is 1.42 bits per heavy atom. The lowest BCUT2D eigenvalue weighted by Crippen LogP contribution is -2.47. The number of aromatic nitrogens is 1. The van der Waals surface area contributed by atoms with Gasteiger partial charge in [0, 0.05) is 31.0 Å². The summed E-state index contributed by atoms with van der Waals surface area (Å²) in [6.07, 6.45) is 1.81. The van der Waals surface area contributed by atoms with Crippen LogP contribution in [-0.2, 0) is 9.53 Å². The van der Waals surface area contributed by atoms with E-state index in [1.54, 1.807) is 23.2 Å². The van der Waals surface area contributed by atoms with Crippen LogP contribution in [0.3, 0.4) is 0 Å². The second kappa shape index (κ2) is 6.14. The number of nitrogens with one attached hydrogen (secondary N) is 1. The first-order chi connectivity index (χ1) is 9.18. The summed E-state index contributed by atoms with van der Waals surface area (Å²) < 4.78 is 5.17. The molecular formula is C12H15N3O4. The van der Waals surface area contributed by atoms with Gasteiger partial charge in [0.2, 0.25) is 5.91 Å². The molecule has 0 aliphatic carbocycles. The lowest BCUT2D eigenvalue weighted by Gasteiger charge is -2.30. The molecular weight excluding hydrogens is 250 g/mol. The Morgan fingerprint density at radius 2 is 2.16 bits per heavy atom. The molecule has 1 saturated heterocycles. The number of carboxylic acid groups (broad SMARTS) is 1. The Hall–Kier alpha value is -2.15. The Bertz CT molecular complexity index is 446. The standard InChI is InChI=1S/C12H15N3O4/c16-11(15-4-6-19-7-5-15)10(14-12(17)18)9-2-1-3-13-8-9/h1-3,8,10,14H,4-7H2,(H,17,18). The van der Waals surface area contributed by atoms with Crippen molar-refractivity contribution < 1.29 is 19.4 Å². The number of morpholine rings is 1. The number of nitrogens with zero attached hydrogens (tertiary/aromatic N) is 2. The maximum Gasteiger partial charge on any atom is 0.405 e. The van der Waals surface area contributed by atoms with Gasteiger partial charge in [-0.3, -0.25) is 9.78 Å². The van der Waals surface area contributed by atoms with E-state index in [4.69, 9.17) is 9.84 Å². The Balaban J connectivity index is 2.17. The van der Waals surface area contributed by atoms with Crippen molar-refractivity contribution in [2.45, 2.75) is 6.04 Å². The molecule has 0 saturated carbocycles. The van der Waals surface area contributed by atoms with Crippen LogP contribution in [0.15, 0.2) is 24.5 Å². The van der Waals surface area contributed by atoms with E-state index in [0.717, 1.165) is 0 Å². The average molecular weight is 265 g/mol. The maximum absolute atomic E-state index is 12.4. The molecule has 0 spiro atoms. The molecule has 2 N–H and O–H groups in total. The van der Waals surface area contributed by atoms with Gasteiger partial charge in [0.05, 0.1) is 13.2 Å². The van der Waals surface area contributed by atoms with Crippen molar-refractivity contribution in [1.29, 1.82) is 0 Å². The van der Waals surface area contributed by atoms with Crippen molar-refractivity contribution in [2.75, 3.05) is 26.3 Å². The zero-order valence-electron chi connectivity index (χ0n) is 10.3. The second-order valence-electron chi connectivity index (χ2n) is 4.11. The number of amides is 2. The van der Waals surface area contributed by atoms with E-state index in [9.17, 15) is 9.59 Å². The first kappa shape index (κ1) is 13.3. The highest BCUT2D eigenvalue weighted by atomic mass is 16.5. The quantitative estimate of drug-likeness (QED) is 0.817. The van der Waals surface area contributed by atoms with E-state index in [1.165, 1.54) is 6.20 Å². The summed E-state index contributed by atoms with van der Waals surface area (Å²) in [5, 5.41) is 11.1. The van der Waals surface area contributed by atoms with Crippen LogP contribution in [-0.4, -0.2) is 53.3 Å². The topological polar surface area (TPSA) is 91.8 Å². The fourth-order valence-electron chi connectivity index (χ4n) is 1.92. The lowest BCUT2D eigenvalue weighted by atomic mass is 10.1. The zero-order chi connectivity index (χ0) is 13.7. The minimum atomic E-state index is -1.24. The van der Waals surface area contributed by atoms with Crippen LogP contribution >= 0.6 is 0 Å². The monoisotopic (exact) mass is 265 g/mol. The summed E-state index contributed by atoms with van der Waals surface area (Å²) in [5.74, 6) is -0.279. The number of hydrogen-bond donors (Lipinski definition) is 2. The van der Waals surface area contributed by atoms with E-state index in [2.05, 4.69) is 10.3 Å². The van der Waals surface area contributed by atoms with Gasteiger partial charge in [-0.25, -0.2) is 4.79 Å². The van der Waals surface area contributed by atoms with Gasteiger partial charge in [0.25, 0.3) is 0 Å². The van der Waals surface area contributed by atoms with Crippen molar-refractivity contribution in [3.05, 3.63) is 30.1 Å². The SMILES string of the molecule is O=C(O)NC(C(=O)N1CCOCC1)c1cccnc1. The number of ether oxygens (including phenoxy) is 1. The van der Waals surface area contributed by atoms with Crippen LogP contribution in [0.5, 0.6) is 0 Å². The molecule has 0 bridgehead atoms. The van der Waals surface area contributed by atoms with Crippen LogP contribution in [0.1, 0.15) is 11.6 Å². The zero-order valence-corrected chi connectivity index (χ0v) is 10.3. The lowest BCUT2D eigenvalue weighted by molar-refractivity contribution is -0.137. The third-order valence-corrected chi connectivity index (χ3v) is 2.86. The largest absolute Gasteiger partial charge is 0.465 e. The van der Waals surface area contributed by atoms with Crippen molar-refractivity contribution in [3.8, 4) is 0 Å². The van der Waals surface area contributed by atoms with Gasteiger partial charge in [0.1, 0.15) is 6.04 Å². The van der Waals surface area contributed by atoms with Gasteiger partial charge in [-0.1, -0.05) is 6.07 Å². The molecule has 2 heterocycles. The fourth-order valence-corrected chi connectivity index (χ4v) is 1.92. The summed E-state index contributed by atoms with van der Waals surface area (Å²) >= 11 is 0. The molecule has 1 aromatic rings. The number of pyridine rings is 1. The molecule has 2 rings (SSSR count). The highest BCUT2D eigenvalue weighted by Gasteiger charge is 2.28. The van der Waals surface area contributed by atoms with Gasteiger partial charge in [-0.05, 0) is 6.07 Å². The summed E-state index contributed by atoms with van der Waals surface area (Å²) in [7, 11) is 0. The molecule has 1 aromatic heterocycles. The summed E-state index contributed by atoms with van der Waals surface area (Å²) in [6.45, 7) is 1.88. The maximum atomic E-state index is 12.4. The highest BCUT2D eigenvalue weighted by molar-refractivity contribution is 5.86. The van der Waals surface area contributed by atoms with E-state index in [-0.39, 0.29) is 5.91 Å². The Morgan fingerprint density at radius 3 is 2.74 bits per heavy atom. The van der Waals surface area contributed by atoms with Gasteiger partial charge in [0.15, 0.2) is 0 Å². The second-order valence-corrected chi connectivity index (χ2v) is 4.11. The number of carbonyl (C=O) groups excluding carboxylic acids is 1. The van der Waals surface area contributed by atoms with Gasteiger partial charge in [-0.15, -0.1) is 0 Å². The third-order valence-electron chi connectivity index (χ3n) is 2.86. The van der Waals surface area contributed by atoms with Gasteiger partial charge >= 0.3 is 6.09 Å². The fraction of sp³-hybridized carbons (Fsp3) is 0.417. The number of hydrogen-bond acceptors (Lipinski definition) is 4. The Kier molecular flexibility index (Phi) is 4.30. The number of carbonyl (C=O) groups is 2. The van der Waals surface area contributed by atoms with Crippen LogP contribution in [0.2, 0.25) is 0 Å². The number of rotatable bonds is 3. The predicted octanol–water partition coefficient (Wildman–Crippen LogP) is 0.249. The summed E-state index contributed by atoms with van der Waals surface area (Å²) in [5.41, 5.74) is 0.529. The molecule has 1 fully saturated rings. The molecule has 102 valence electrons. The van der Waals surface area contributed by atoms with E-state index >= 15 is 0 Å². The van der Waals surface area contributed by atoms with Crippen LogP contribution in [0.4, 0.5) is 4.79 Å². The van der Waals surface area contributed by atoms with E-state index < -0.39 is 12.1 Å². The Labute approximate surface area is 110 Å². The molecule has 7 heteroatoms. The van der Waals surface area contributed by atoms with Crippen molar-refractivity contribution in [3.63, 3.8) is 0 Å². The highest BCUT2D eigenvalue weighted by Crippen LogP contribution is 2.15. The van der Waals surface area contributed by atoms with Crippen molar-refractivity contribution in [1.82, 2.24) is 15.2 Å². The molecule has 2 amide bonds. The molecule has 1 unspecified atom stereocenters. The molecule has 1 atom stereocenters. The molecule has 0 aromatic carbocycles. The molecule has 7 nitrogen and oxygen atoms in total. The first-order valence-corrected chi connectivity index (χ1v) is 5.94. The first-order valence-electron chi connectivity index (χ1n) is 5.94. The smallest absolute Gasteiger partial charge is 0.405 e. The average Bonchev–Trinajstić information content (AvgIpc) is 2.46. The molecule has 1 aliphatic rings. The predicted molar refractivity (Wildman–Crippen MR) is 65.5 cm³/mol. The van der Waals surface area contributed by atoms with Crippen LogP contribution in [0, 0.1) is 0 Å². The normalized spacial score (nSPS) is 16.7. The minimum Gasteiger partial charge on any atom is -0.465 e. The molecule has 0 radical (unpaired) electrons.